The first-order valence-corrected chi connectivity index (χ1v) is 9.97. The monoisotopic (exact) mass is 378 g/mol. The van der Waals surface area contributed by atoms with Crippen molar-refractivity contribution in [1.29, 1.82) is 0 Å². The lowest BCUT2D eigenvalue weighted by atomic mass is 9.93. The molecular formula is C24H30N2O2. The van der Waals surface area contributed by atoms with E-state index in [0.717, 1.165) is 30.8 Å². The van der Waals surface area contributed by atoms with Crippen LogP contribution in [0.25, 0.3) is 10.9 Å². The van der Waals surface area contributed by atoms with Gasteiger partial charge in [-0.05, 0) is 67.3 Å². The zero-order valence-corrected chi connectivity index (χ0v) is 17.0. The fourth-order valence-corrected chi connectivity index (χ4v) is 3.79. The lowest BCUT2D eigenvalue weighted by Gasteiger charge is -2.23. The molecule has 0 saturated heterocycles. The molecule has 0 fully saturated rings. The number of fused-ring (bicyclic) bond motifs is 1. The van der Waals surface area contributed by atoms with Crippen molar-refractivity contribution >= 4 is 10.9 Å². The second-order valence-corrected chi connectivity index (χ2v) is 6.81. The van der Waals surface area contributed by atoms with Crippen LogP contribution in [0.4, 0.5) is 0 Å². The molecule has 3 aromatic rings. The van der Waals surface area contributed by atoms with Gasteiger partial charge in [0.05, 0.1) is 19.8 Å². The molecule has 0 saturated carbocycles. The third-order valence-corrected chi connectivity index (χ3v) is 5.18. The van der Waals surface area contributed by atoms with Gasteiger partial charge in [-0.2, -0.15) is 0 Å². The van der Waals surface area contributed by atoms with E-state index in [0.29, 0.717) is 6.61 Å². The Balaban J connectivity index is 1.90. The molecule has 2 N–H and O–H groups in total. The average molecular weight is 379 g/mol. The highest BCUT2D eigenvalue weighted by Gasteiger charge is 2.18. The Morgan fingerprint density at radius 1 is 1.14 bits per heavy atom. The van der Waals surface area contributed by atoms with Crippen molar-refractivity contribution in [3.8, 4) is 11.5 Å². The lowest BCUT2D eigenvalue weighted by molar-refractivity contribution is 0.309. The third-order valence-electron chi connectivity index (χ3n) is 5.18. The molecule has 4 nitrogen and oxygen atoms in total. The predicted molar refractivity (Wildman–Crippen MR) is 116 cm³/mol. The fourth-order valence-electron chi connectivity index (χ4n) is 3.79. The Hall–Kier alpha value is -2.88. The molecule has 4 heteroatoms. The maximum Gasteiger partial charge on any atom is 0.161 e. The van der Waals surface area contributed by atoms with Gasteiger partial charge in [0.25, 0.3) is 0 Å². The number of hydrogen-bond donors (Lipinski definition) is 2. The summed E-state index contributed by atoms with van der Waals surface area (Å²) in [7, 11) is 1.69. The fraction of sp³-hybridized carbons (Fsp3) is 0.333. The van der Waals surface area contributed by atoms with Gasteiger partial charge in [0, 0.05) is 17.1 Å². The molecule has 148 valence electrons. The van der Waals surface area contributed by atoms with Gasteiger partial charge in [-0.15, -0.1) is 0 Å². The van der Waals surface area contributed by atoms with Gasteiger partial charge < -0.3 is 19.8 Å². The molecule has 0 aliphatic rings. The van der Waals surface area contributed by atoms with Gasteiger partial charge in [0.15, 0.2) is 11.5 Å². The quantitative estimate of drug-likeness (QED) is 0.486. The third kappa shape index (κ3) is 4.16. The van der Waals surface area contributed by atoms with Gasteiger partial charge in [-0.25, -0.2) is 0 Å². The molecule has 0 aliphatic heterocycles. The van der Waals surface area contributed by atoms with Crippen LogP contribution in [0, 0.1) is 0 Å². The van der Waals surface area contributed by atoms with Crippen LogP contribution >= 0.6 is 0 Å². The maximum atomic E-state index is 5.82. The van der Waals surface area contributed by atoms with Gasteiger partial charge in [0.1, 0.15) is 0 Å². The minimum absolute atomic E-state index is 0.159. The van der Waals surface area contributed by atoms with Crippen LogP contribution in [0.2, 0.25) is 0 Å². The predicted octanol–water partition coefficient (Wildman–Crippen LogP) is 5.54. The smallest absolute Gasteiger partial charge is 0.161 e. The number of aromatic nitrogens is 1. The summed E-state index contributed by atoms with van der Waals surface area (Å²) in [4.78, 5) is 3.37. The summed E-state index contributed by atoms with van der Waals surface area (Å²) in [5, 5.41) is 4.74. The van der Waals surface area contributed by atoms with Crippen molar-refractivity contribution in [3.05, 3.63) is 72.1 Å². The second kappa shape index (κ2) is 9.36. The summed E-state index contributed by atoms with van der Waals surface area (Å²) in [5.74, 6) is 1.58. The SMILES string of the molecule is C=CNC(CCc1c[nH]c2ccccc12)c1cc(OCC)c(OC)cc1CC. The minimum atomic E-state index is 0.159. The Kier molecular flexibility index (Phi) is 6.64. The second-order valence-electron chi connectivity index (χ2n) is 6.81. The van der Waals surface area contributed by atoms with Gasteiger partial charge in [-0.3, -0.25) is 0 Å². The Morgan fingerprint density at radius 2 is 1.96 bits per heavy atom. The molecule has 1 heterocycles. The van der Waals surface area contributed by atoms with E-state index in [1.807, 2.05) is 6.92 Å². The first-order valence-electron chi connectivity index (χ1n) is 9.97. The van der Waals surface area contributed by atoms with Crippen molar-refractivity contribution in [1.82, 2.24) is 10.3 Å². The first kappa shape index (κ1) is 19.9. The molecule has 28 heavy (non-hydrogen) atoms. The molecule has 0 amide bonds. The Labute approximate surface area is 167 Å². The van der Waals surface area contributed by atoms with E-state index < -0.39 is 0 Å². The maximum absolute atomic E-state index is 5.82. The van der Waals surface area contributed by atoms with E-state index in [9.17, 15) is 0 Å². The summed E-state index contributed by atoms with van der Waals surface area (Å²) < 4.78 is 11.4. The Bertz CT molecular complexity index is 929. The van der Waals surface area contributed by atoms with E-state index >= 15 is 0 Å². The van der Waals surface area contributed by atoms with Crippen LogP contribution in [0.1, 0.15) is 43.0 Å². The Morgan fingerprint density at radius 3 is 2.68 bits per heavy atom. The molecule has 0 radical (unpaired) electrons. The summed E-state index contributed by atoms with van der Waals surface area (Å²) in [6, 6.07) is 12.8. The zero-order valence-electron chi connectivity index (χ0n) is 17.0. The van der Waals surface area contributed by atoms with Crippen molar-refractivity contribution in [2.45, 2.75) is 39.2 Å². The molecule has 0 bridgehead atoms. The number of aryl methyl sites for hydroxylation is 2. The highest BCUT2D eigenvalue weighted by atomic mass is 16.5. The van der Waals surface area contributed by atoms with Crippen molar-refractivity contribution in [2.75, 3.05) is 13.7 Å². The number of hydrogen-bond acceptors (Lipinski definition) is 3. The van der Waals surface area contributed by atoms with Gasteiger partial charge in [-0.1, -0.05) is 31.7 Å². The van der Waals surface area contributed by atoms with Crippen molar-refractivity contribution in [2.24, 2.45) is 0 Å². The molecular weight excluding hydrogens is 348 g/mol. The van der Waals surface area contributed by atoms with Crippen LogP contribution in [0.5, 0.6) is 11.5 Å². The van der Waals surface area contributed by atoms with Crippen LogP contribution < -0.4 is 14.8 Å². The molecule has 1 aromatic heterocycles. The number of aromatic amines is 1. The van der Waals surface area contributed by atoms with Crippen LogP contribution in [-0.2, 0) is 12.8 Å². The number of methoxy groups -OCH3 is 1. The summed E-state index contributed by atoms with van der Waals surface area (Å²) in [6.45, 7) is 8.66. The number of ether oxygens (including phenoxy) is 2. The van der Waals surface area contributed by atoms with Crippen LogP contribution in [-0.4, -0.2) is 18.7 Å². The highest BCUT2D eigenvalue weighted by Crippen LogP contribution is 2.35. The lowest BCUT2D eigenvalue weighted by Crippen LogP contribution is -2.18. The molecule has 2 aromatic carbocycles. The van der Waals surface area contributed by atoms with Crippen LogP contribution in [0.3, 0.4) is 0 Å². The standard InChI is InChI=1S/C24H30N2O2/c1-5-17-14-23(27-4)24(28-7-3)15-20(17)22(25-6-2)13-12-18-16-26-21-11-9-8-10-19(18)21/h6,8-11,14-16,22,25-26H,2,5,7,12-13H2,1,3-4H3. The largest absolute Gasteiger partial charge is 0.493 e. The topological polar surface area (TPSA) is 46.3 Å². The average Bonchev–Trinajstić information content (AvgIpc) is 3.14. The molecule has 3 rings (SSSR count). The summed E-state index contributed by atoms with van der Waals surface area (Å²) in [5.41, 5.74) is 5.02. The van der Waals surface area contributed by atoms with E-state index in [2.05, 4.69) is 66.4 Å². The molecule has 1 atom stereocenters. The number of benzene rings is 2. The van der Waals surface area contributed by atoms with E-state index in [1.165, 1.54) is 27.6 Å². The highest BCUT2D eigenvalue weighted by molar-refractivity contribution is 5.83. The van der Waals surface area contributed by atoms with Crippen molar-refractivity contribution < 1.29 is 9.47 Å². The summed E-state index contributed by atoms with van der Waals surface area (Å²) in [6.07, 6.45) is 6.76. The number of nitrogens with one attached hydrogen (secondary N) is 2. The number of para-hydroxylation sites is 1. The van der Waals surface area contributed by atoms with E-state index in [1.54, 1.807) is 13.3 Å². The molecule has 1 unspecified atom stereocenters. The minimum Gasteiger partial charge on any atom is -0.493 e. The molecule has 0 spiro atoms. The van der Waals surface area contributed by atoms with E-state index in [4.69, 9.17) is 9.47 Å². The summed E-state index contributed by atoms with van der Waals surface area (Å²) >= 11 is 0. The van der Waals surface area contributed by atoms with Gasteiger partial charge >= 0.3 is 0 Å². The van der Waals surface area contributed by atoms with E-state index in [-0.39, 0.29) is 6.04 Å². The number of H-pyrrole nitrogens is 1. The zero-order chi connectivity index (χ0) is 19.9. The van der Waals surface area contributed by atoms with Gasteiger partial charge in [0.2, 0.25) is 0 Å². The molecule has 0 aliphatic carbocycles. The van der Waals surface area contributed by atoms with Crippen LogP contribution in [0.15, 0.2) is 55.4 Å². The van der Waals surface area contributed by atoms with Crippen molar-refractivity contribution in [3.63, 3.8) is 0 Å². The normalized spacial score (nSPS) is 12.0. The number of rotatable bonds is 10. The first-order chi connectivity index (χ1) is 13.7.